The number of carboxylic acid groups (broad SMARTS) is 1. The lowest BCUT2D eigenvalue weighted by Gasteiger charge is -2.29. The summed E-state index contributed by atoms with van der Waals surface area (Å²) in [6.45, 7) is 8.73. The minimum Gasteiger partial charge on any atom is -0.480 e. The number of rotatable bonds is 8. The van der Waals surface area contributed by atoms with Gasteiger partial charge in [0.05, 0.1) is 19.1 Å². The number of carbonyl (C=O) groups is 3. The van der Waals surface area contributed by atoms with Gasteiger partial charge >= 0.3 is 18.0 Å². The normalized spacial score (nSPS) is 13.1. The number of hydrogen-bond acceptors (Lipinski definition) is 6. The van der Waals surface area contributed by atoms with Crippen molar-refractivity contribution in [1.82, 2.24) is 10.2 Å². The molecule has 0 saturated heterocycles. The van der Waals surface area contributed by atoms with Crippen LogP contribution in [0.15, 0.2) is 0 Å². The molecule has 0 aliphatic carbocycles. The Morgan fingerprint density at radius 2 is 1.60 bits per heavy atom. The Morgan fingerprint density at radius 1 is 1.08 bits per heavy atom. The number of ether oxygens (including phenoxy) is 2. The Morgan fingerprint density at radius 3 is 2.04 bits per heavy atom. The highest BCUT2D eigenvalue weighted by molar-refractivity contribution is 5.94. The van der Waals surface area contributed by atoms with Crippen molar-refractivity contribution in [3.63, 3.8) is 0 Å². The third-order valence-electron chi connectivity index (χ3n) is 3.36. The fourth-order valence-corrected chi connectivity index (χ4v) is 1.92. The Bertz CT molecular complexity index is 492. The van der Waals surface area contributed by atoms with Crippen molar-refractivity contribution >= 4 is 24.0 Å². The van der Waals surface area contributed by atoms with Crippen LogP contribution in [0.25, 0.3) is 0 Å². The maximum Gasteiger partial charge on any atom is 0.413 e. The summed E-state index contributed by atoms with van der Waals surface area (Å²) in [5, 5.41) is 19.2. The minimum absolute atomic E-state index is 0.000737. The Labute approximate surface area is 148 Å². The molecule has 0 heterocycles. The molecule has 0 saturated carbocycles. The fraction of sp³-hybridized carbons (Fsp3) is 0.750. The van der Waals surface area contributed by atoms with E-state index in [1.165, 1.54) is 7.05 Å². The van der Waals surface area contributed by atoms with Crippen molar-refractivity contribution in [3.8, 4) is 0 Å². The van der Waals surface area contributed by atoms with Crippen LogP contribution in [0.3, 0.4) is 0 Å². The molecule has 0 aromatic heterocycles. The topological polar surface area (TPSA) is 129 Å². The predicted molar refractivity (Wildman–Crippen MR) is 91.2 cm³/mol. The molecular weight excluding hydrogens is 330 g/mol. The van der Waals surface area contributed by atoms with Gasteiger partial charge in [-0.3, -0.25) is 15.5 Å². The summed E-state index contributed by atoms with van der Waals surface area (Å²) in [5.41, 5.74) is 0. The predicted octanol–water partition coefficient (Wildman–Crippen LogP) is 1.52. The first kappa shape index (κ1) is 22.7. The molecule has 0 fully saturated rings. The van der Waals surface area contributed by atoms with Crippen LogP contribution in [0.5, 0.6) is 0 Å². The molecular formula is C16H29N3O6. The molecule has 9 nitrogen and oxygen atoms in total. The van der Waals surface area contributed by atoms with E-state index < -0.39 is 18.1 Å². The number of nitrogens with zero attached hydrogens (tertiary/aromatic N) is 1. The second kappa shape index (κ2) is 10.5. The first-order valence-electron chi connectivity index (χ1n) is 8.11. The summed E-state index contributed by atoms with van der Waals surface area (Å²) in [4.78, 5) is 35.5. The number of likely N-dealkylation sites (N-methyl/N-ethyl adjacent to an activating group) is 1. The lowest BCUT2D eigenvalue weighted by Crippen LogP contribution is -2.51. The average Bonchev–Trinajstić information content (AvgIpc) is 2.49. The zero-order chi connectivity index (χ0) is 19.7. The molecule has 3 N–H and O–H groups in total. The summed E-state index contributed by atoms with van der Waals surface area (Å²) in [7, 11) is 1.41. The van der Waals surface area contributed by atoms with Crippen molar-refractivity contribution < 1.29 is 29.0 Å². The number of aliphatic carboxylic acids is 1. The van der Waals surface area contributed by atoms with Crippen molar-refractivity contribution in [2.24, 2.45) is 17.8 Å². The van der Waals surface area contributed by atoms with E-state index in [1.54, 1.807) is 34.6 Å². The Kier molecular flexibility index (Phi) is 9.55. The lowest BCUT2D eigenvalue weighted by molar-refractivity contribution is -0.149. The van der Waals surface area contributed by atoms with E-state index in [-0.39, 0.29) is 42.9 Å². The van der Waals surface area contributed by atoms with Crippen LogP contribution in [0.1, 0.15) is 34.6 Å². The van der Waals surface area contributed by atoms with Crippen LogP contribution in [0, 0.1) is 23.2 Å². The number of guanidine groups is 1. The number of carbonyl (C=O) groups excluding carboxylic acids is 2. The van der Waals surface area contributed by atoms with E-state index in [2.05, 4.69) is 5.32 Å². The average molecular weight is 359 g/mol. The summed E-state index contributed by atoms with van der Waals surface area (Å²) in [6.07, 6.45) is -0.869. The molecule has 144 valence electrons. The molecule has 0 aromatic rings. The van der Waals surface area contributed by atoms with Gasteiger partial charge in [0.15, 0.2) is 0 Å². The largest absolute Gasteiger partial charge is 0.480 e. The van der Waals surface area contributed by atoms with E-state index in [1.807, 2.05) is 0 Å². The second-order valence-electron chi connectivity index (χ2n) is 6.60. The molecule has 2 unspecified atom stereocenters. The summed E-state index contributed by atoms with van der Waals surface area (Å²) < 4.78 is 10.00. The first-order chi connectivity index (χ1) is 11.5. The Balaban J connectivity index is 4.35. The second-order valence-corrected chi connectivity index (χ2v) is 6.60. The van der Waals surface area contributed by atoms with E-state index in [0.29, 0.717) is 0 Å². The zero-order valence-corrected chi connectivity index (χ0v) is 15.7. The molecule has 0 rings (SSSR count). The van der Waals surface area contributed by atoms with Gasteiger partial charge in [0.2, 0.25) is 5.96 Å². The molecule has 25 heavy (non-hydrogen) atoms. The Hall–Kier alpha value is -2.32. The van der Waals surface area contributed by atoms with Crippen LogP contribution in [0.4, 0.5) is 4.79 Å². The van der Waals surface area contributed by atoms with Gasteiger partial charge in [-0.1, -0.05) is 34.6 Å². The van der Waals surface area contributed by atoms with Crippen LogP contribution < -0.4 is 5.32 Å². The van der Waals surface area contributed by atoms with E-state index >= 15 is 0 Å². The summed E-state index contributed by atoms with van der Waals surface area (Å²) >= 11 is 0. The van der Waals surface area contributed by atoms with Crippen molar-refractivity contribution in [2.45, 2.75) is 40.7 Å². The van der Waals surface area contributed by atoms with Gasteiger partial charge in [0, 0.05) is 13.0 Å². The van der Waals surface area contributed by atoms with Crippen LogP contribution >= 0.6 is 0 Å². The highest BCUT2D eigenvalue weighted by Crippen LogP contribution is 2.09. The van der Waals surface area contributed by atoms with Crippen LogP contribution in [0.2, 0.25) is 0 Å². The molecule has 0 aliphatic rings. The SMILES string of the molecule is CC(COC(=O)NC(=N)N(C)C(C(=O)O)C(C)C)COC(=O)C(C)C. The third-order valence-corrected chi connectivity index (χ3v) is 3.36. The molecule has 9 heteroatoms. The van der Waals surface area contributed by atoms with Crippen LogP contribution in [-0.2, 0) is 19.1 Å². The van der Waals surface area contributed by atoms with Crippen molar-refractivity contribution in [3.05, 3.63) is 0 Å². The highest BCUT2D eigenvalue weighted by Gasteiger charge is 2.28. The third kappa shape index (κ3) is 8.37. The molecule has 2 atom stereocenters. The number of alkyl carbamates (subject to hydrolysis) is 1. The minimum atomic E-state index is -1.09. The van der Waals surface area contributed by atoms with Gasteiger partial charge in [-0.05, 0) is 5.92 Å². The van der Waals surface area contributed by atoms with Gasteiger partial charge in [-0.25, -0.2) is 9.59 Å². The summed E-state index contributed by atoms with van der Waals surface area (Å²) in [5.74, 6) is -2.47. The van der Waals surface area contributed by atoms with E-state index in [0.717, 1.165) is 4.90 Å². The molecule has 0 spiro atoms. The van der Waals surface area contributed by atoms with Gasteiger partial charge < -0.3 is 19.5 Å². The number of carboxylic acids is 1. The zero-order valence-electron chi connectivity index (χ0n) is 15.7. The standard InChI is InChI=1S/C16H29N3O6/c1-9(2)12(13(20)21)19(6)15(17)18-16(23)25-8-11(5)7-24-14(22)10(3)4/h9-12H,7-8H2,1-6H3,(H,20,21)(H2,17,18,23). The van der Waals surface area contributed by atoms with E-state index in [9.17, 15) is 19.5 Å². The first-order valence-corrected chi connectivity index (χ1v) is 8.11. The smallest absolute Gasteiger partial charge is 0.413 e. The fourth-order valence-electron chi connectivity index (χ4n) is 1.92. The molecule has 0 radical (unpaired) electrons. The maximum absolute atomic E-state index is 11.7. The summed E-state index contributed by atoms with van der Waals surface area (Å²) in [6, 6.07) is -0.942. The monoisotopic (exact) mass is 359 g/mol. The van der Waals surface area contributed by atoms with Gasteiger partial charge in [-0.15, -0.1) is 0 Å². The van der Waals surface area contributed by atoms with Gasteiger partial charge in [0.1, 0.15) is 6.04 Å². The lowest BCUT2D eigenvalue weighted by atomic mass is 10.0. The molecule has 0 bridgehead atoms. The number of amides is 1. The maximum atomic E-state index is 11.7. The number of hydrogen-bond donors (Lipinski definition) is 3. The van der Waals surface area contributed by atoms with Crippen molar-refractivity contribution in [1.29, 1.82) is 5.41 Å². The van der Waals surface area contributed by atoms with Crippen LogP contribution in [-0.4, -0.2) is 60.3 Å². The van der Waals surface area contributed by atoms with Gasteiger partial charge in [0.25, 0.3) is 0 Å². The van der Waals surface area contributed by atoms with Crippen molar-refractivity contribution in [2.75, 3.05) is 20.3 Å². The van der Waals surface area contributed by atoms with E-state index in [4.69, 9.17) is 14.9 Å². The number of esters is 1. The molecule has 0 aromatic carbocycles. The highest BCUT2D eigenvalue weighted by atomic mass is 16.6. The molecule has 0 aliphatic heterocycles. The quantitative estimate of drug-likeness (QED) is 0.340. The number of nitrogens with one attached hydrogen (secondary N) is 2. The molecule has 1 amide bonds. The van der Waals surface area contributed by atoms with Gasteiger partial charge in [-0.2, -0.15) is 0 Å².